The van der Waals surface area contributed by atoms with Gasteiger partial charge in [-0.2, -0.15) is 0 Å². The molecule has 4 atom stereocenters. The van der Waals surface area contributed by atoms with Crippen molar-refractivity contribution in [3.8, 4) is 11.5 Å². The molecule has 1 aliphatic heterocycles. The van der Waals surface area contributed by atoms with Gasteiger partial charge in [0, 0.05) is 38.1 Å². The highest BCUT2D eigenvalue weighted by atomic mass is 16.7. The summed E-state index contributed by atoms with van der Waals surface area (Å²) in [4.78, 5) is 41.8. The molecule has 0 bridgehead atoms. The molecule has 1 aliphatic rings. The predicted molar refractivity (Wildman–Crippen MR) is 141 cm³/mol. The van der Waals surface area contributed by atoms with Gasteiger partial charge >= 0.3 is 11.9 Å². The van der Waals surface area contributed by atoms with Gasteiger partial charge in [0.25, 0.3) is 0 Å². The lowest BCUT2D eigenvalue weighted by atomic mass is 9.91. The van der Waals surface area contributed by atoms with Crippen LogP contribution in [-0.4, -0.2) is 68.6 Å². The molecule has 0 unspecified atom stereocenters. The highest BCUT2D eigenvalue weighted by Crippen LogP contribution is 2.32. The summed E-state index contributed by atoms with van der Waals surface area (Å²) in [5.41, 5.74) is 1.08. The fraction of sp³-hybridized carbons (Fsp3) is 0.517. The number of ketones is 1. The number of aromatic nitrogens is 1. The average molecular weight is 544 g/mol. The van der Waals surface area contributed by atoms with E-state index in [1.54, 1.807) is 0 Å². The lowest BCUT2D eigenvalue weighted by Gasteiger charge is -2.30. The summed E-state index contributed by atoms with van der Waals surface area (Å²) in [5.74, 6) is -2.23. The van der Waals surface area contributed by atoms with Crippen LogP contribution >= 0.6 is 0 Å². The highest BCUT2D eigenvalue weighted by Gasteiger charge is 2.36. The smallest absolute Gasteiger partial charge is 0.312 e. The quantitative estimate of drug-likeness (QED) is 0.222. The second kappa shape index (κ2) is 15.2. The van der Waals surface area contributed by atoms with Crippen molar-refractivity contribution in [2.75, 3.05) is 33.7 Å². The molecule has 0 amide bonds. The van der Waals surface area contributed by atoms with Gasteiger partial charge in [0.15, 0.2) is 23.0 Å². The Hall–Kier alpha value is -3.50. The Labute approximate surface area is 228 Å². The number of Topliss-reactive ketones (excluding diaryl/α,β-unsaturated/α-hetero) is 1. The number of carbonyl (C=O) groups is 3. The first kappa shape index (κ1) is 30.0. The van der Waals surface area contributed by atoms with E-state index in [-0.39, 0.29) is 42.2 Å². The van der Waals surface area contributed by atoms with Crippen LogP contribution in [0.25, 0.3) is 0 Å². The monoisotopic (exact) mass is 543 g/mol. The maximum Gasteiger partial charge on any atom is 0.312 e. The van der Waals surface area contributed by atoms with Crippen LogP contribution in [-0.2, 0) is 35.0 Å². The largest absolute Gasteiger partial charge is 0.493 e. The van der Waals surface area contributed by atoms with Crippen molar-refractivity contribution < 1.29 is 42.8 Å². The number of methoxy groups -OCH3 is 1. The fourth-order valence-corrected chi connectivity index (χ4v) is 4.44. The van der Waals surface area contributed by atoms with Gasteiger partial charge in [0.1, 0.15) is 6.10 Å². The van der Waals surface area contributed by atoms with E-state index in [0.717, 1.165) is 12.0 Å². The molecule has 0 N–H and O–H groups in total. The van der Waals surface area contributed by atoms with Crippen LogP contribution in [0.15, 0.2) is 42.6 Å². The third-order valence-electron chi connectivity index (χ3n) is 6.32. The van der Waals surface area contributed by atoms with Gasteiger partial charge < -0.3 is 28.4 Å². The number of rotatable bonds is 12. The van der Waals surface area contributed by atoms with Crippen LogP contribution in [0.1, 0.15) is 49.7 Å². The van der Waals surface area contributed by atoms with Gasteiger partial charge in [-0.05, 0) is 25.3 Å². The van der Waals surface area contributed by atoms with Crippen molar-refractivity contribution in [3.05, 3.63) is 53.9 Å². The van der Waals surface area contributed by atoms with Crippen LogP contribution < -0.4 is 9.47 Å². The van der Waals surface area contributed by atoms with Gasteiger partial charge in [-0.25, -0.2) is 4.98 Å². The van der Waals surface area contributed by atoms with Crippen LogP contribution in [0.4, 0.5) is 0 Å². The second-order valence-corrected chi connectivity index (χ2v) is 9.38. The third-order valence-corrected chi connectivity index (χ3v) is 6.32. The van der Waals surface area contributed by atoms with Gasteiger partial charge in [-0.3, -0.25) is 14.4 Å². The molecule has 1 fully saturated rings. The van der Waals surface area contributed by atoms with Crippen LogP contribution in [0.5, 0.6) is 11.5 Å². The number of ether oxygens (including phenoxy) is 6. The molecule has 0 saturated carbocycles. The number of cyclic esters (lactones) is 1. The Bertz CT molecular complexity index is 1090. The van der Waals surface area contributed by atoms with Crippen molar-refractivity contribution in [1.29, 1.82) is 0 Å². The molecule has 10 nitrogen and oxygen atoms in total. The molecule has 10 heteroatoms. The van der Waals surface area contributed by atoms with Crippen LogP contribution in [0, 0.1) is 11.8 Å². The molecular weight excluding hydrogens is 506 g/mol. The SMILES string of the molecule is CCCO[C@@H]1[C@@H](Cc2ccccc2)COC[C@H](CC(=O)c2nccc(OC)c2OCOC(C)=O)C(=O)O[C@H]1C. The maximum absolute atomic E-state index is 13.3. The first-order valence-electron chi connectivity index (χ1n) is 13.1. The number of hydrogen-bond donors (Lipinski definition) is 0. The first-order chi connectivity index (χ1) is 18.8. The van der Waals surface area contributed by atoms with Crippen LogP contribution in [0.3, 0.4) is 0 Å². The third kappa shape index (κ3) is 8.76. The molecule has 2 heterocycles. The lowest BCUT2D eigenvalue weighted by molar-refractivity contribution is -0.162. The van der Waals surface area contributed by atoms with Crippen LogP contribution in [0.2, 0.25) is 0 Å². The molecule has 212 valence electrons. The molecule has 1 saturated heterocycles. The van der Waals surface area contributed by atoms with E-state index in [0.29, 0.717) is 19.6 Å². The number of carbonyl (C=O) groups excluding carboxylic acids is 3. The average Bonchev–Trinajstić information content (AvgIpc) is 2.96. The Morgan fingerprint density at radius 1 is 1.13 bits per heavy atom. The molecule has 0 radical (unpaired) electrons. The summed E-state index contributed by atoms with van der Waals surface area (Å²) in [5, 5.41) is 0. The topological polar surface area (TPSA) is 119 Å². The van der Waals surface area contributed by atoms with E-state index < -0.39 is 36.5 Å². The molecular formula is C29H37NO9. The summed E-state index contributed by atoms with van der Waals surface area (Å²) in [6.07, 6.45) is 1.77. The zero-order chi connectivity index (χ0) is 28.2. The fourth-order valence-electron chi connectivity index (χ4n) is 4.44. The number of esters is 2. The number of hydrogen-bond acceptors (Lipinski definition) is 10. The summed E-state index contributed by atoms with van der Waals surface area (Å²) in [6, 6.07) is 11.5. The number of nitrogens with zero attached hydrogens (tertiary/aromatic N) is 1. The minimum absolute atomic E-state index is 0.00329. The minimum Gasteiger partial charge on any atom is -0.493 e. The minimum atomic E-state index is -0.864. The Morgan fingerprint density at radius 2 is 1.90 bits per heavy atom. The second-order valence-electron chi connectivity index (χ2n) is 9.38. The van der Waals surface area contributed by atoms with E-state index >= 15 is 0 Å². The first-order valence-corrected chi connectivity index (χ1v) is 13.1. The standard InChI is InChI=1S/C29H37NO9/c1-5-13-36-27-19(2)39-29(33)23(17-35-16-22(27)14-21-9-7-6-8-10-21)15-24(32)26-28(38-18-37-20(3)31)25(34-4)11-12-30-26/h6-12,19,22-23,27H,5,13-18H2,1-4H3/t19-,22-,23-,27-/m0/s1. The van der Waals surface area contributed by atoms with Crippen molar-refractivity contribution in [2.45, 2.75) is 52.2 Å². The van der Waals surface area contributed by atoms with Gasteiger partial charge in [-0.1, -0.05) is 37.3 Å². The molecule has 3 rings (SSSR count). The van der Waals surface area contributed by atoms with E-state index in [1.807, 2.05) is 44.2 Å². The Balaban J connectivity index is 1.77. The van der Waals surface area contributed by atoms with Crippen molar-refractivity contribution in [3.63, 3.8) is 0 Å². The van der Waals surface area contributed by atoms with E-state index in [4.69, 9.17) is 28.4 Å². The summed E-state index contributed by atoms with van der Waals surface area (Å²) in [6.45, 7) is 5.50. The van der Waals surface area contributed by atoms with Crippen molar-refractivity contribution >= 4 is 17.7 Å². The lowest BCUT2D eigenvalue weighted by Crippen LogP contribution is -2.40. The maximum atomic E-state index is 13.3. The van der Waals surface area contributed by atoms with Gasteiger partial charge in [0.2, 0.25) is 6.79 Å². The summed E-state index contributed by atoms with van der Waals surface area (Å²) in [7, 11) is 1.41. The number of pyridine rings is 1. The molecule has 0 aliphatic carbocycles. The molecule has 0 spiro atoms. The highest BCUT2D eigenvalue weighted by molar-refractivity contribution is 5.99. The molecule has 39 heavy (non-hydrogen) atoms. The van der Waals surface area contributed by atoms with E-state index in [9.17, 15) is 14.4 Å². The molecule has 1 aromatic heterocycles. The Kier molecular flexibility index (Phi) is 11.7. The zero-order valence-electron chi connectivity index (χ0n) is 22.9. The molecule has 1 aromatic carbocycles. The normalized spacial score (nSPS) is 21.6. The van der Waals surface area contributed by atoms with Gasteiger partial charge in [0.05, 0.1) is 32.3 Å². The van der Waals surface area contributed by atoms with Crippen molar-refractivity contribution in [1.82, 2.24) is 4.98 Å². The summed E-state index contributed by atoms with van der Waals surface area (Å²) < 4.78 is 33.6. The zero-order valence-corrected chi connectivity index (χ0v) is 22.9. The predicted octanol–water partition coefficient (Wildman–Crippen LogP) is 3.79. The molecule has 2 aromatic rings. The van der Waals surface area contributed by atoms with E-state index in [1.165, 1.54) is 26.3 Å². The number of benzene rings is 1. The van der Waals surface area contributed by atoms with E-state index in [2.05, 4.69) is 4.98 Å². The Morgan fingerprint density at radius 3 is 2.59 bits per heavy atom. The summed E-state index contributed by atoms with van der Waals surface area (Å²) >= 11 is 0. The van der Waals surface area contributed by atoms with Gasteiger partial charge in [-0.15, -0.1) is 0 Å². The van der Waals surface area contributed by atoms with Crippen molar-refractivity contribution in [2.24, 2.45) is 11.8 Å².